The first kappa shape index (κ1) is 20.2. The summed E-state index contributed by atoms with van der Waals surface area (Å²) in [5.41, 5.74) is 2.26. The van der Waals surface area contributed by atoms with Crippen LogP contribution in [0.25, 0.3) is 11.4 Å². The molecule has 1 atom stereocenters. The molecule has 5 rings (SSSR count). The molecule has 0 saturated carbocycles. The standard InChI is InChI=1S/C24H26N6O2/c31-23(29-14-4-5-15-29)18-10-12-19(13-11-18)25-24(32)30-16-6-9-20(30)22-26-21(27-28-22)17-7-2-1-3-8-17/h1-3,7-8,10-13,20H,4-6,9,14-16H2,(H,25,32)(H,26,27,28)/t20-/m0/s1. The molecule has 0 unspecified atom stereocenters. The number of nitrogens with one attached hydrogen (secondary N) is 2. The summed E-state index contributed by atoms with van der Waals surface area (Å²) in [4.78, 5) is 33.8. The number of urea groups is 1. The molecule has 2 aromatic carbocycles. The largest absolute Gasteiger partial charge is 0.339 e. The van der Waals surface area contributed by atoms with Crippen LogP contribution in [0, 0.1) is 0 Å². The molecule has 3 heterocycles. The van der Waals surface area contributed by atoms with Gasteiger partial charge in [-0.3, -0.25) is 9.89 Å². The van der Waals surface area contributed by atoms with E-state index >= 15 is 0 Å². The molecule has 2 aliphatic rings. The Labute approximate surface area is 186 Å². The molecule has 0 aliphatic carbocycles. The first-order chi connectivity index (χ1) is 15.7. The molecule has 8 nitrogen and oxygen atoms in total. The predicted molar refractivity (Wildman–Crippen MR) is 121 cm³/mol. The second kappa shape index (κ2) is 8.82. The highest BCUT2D eigenvalue weighted by Gasteiger charge is 2.32. The number of hydrogen-bond donors (Lipinski definition) is 2. The van der Waals surface area contributed by atoms with Crippen LogP contribution in [0.15, 0.2) is 54.6 Å². The highest BCUT2D eigenvalue weighted by Crippen LogP contribution is 2.31. The summed E-state index contributed by atoms with van der Waals surface area (Å²) in [6.45, 7) is 2.30. The van der Waals surface area contributed by atoms with Crippen LogP contribution in [0.4, 0.5) is 10.5 Å². The van der Waals surface area contributed by atoms with E-state index in [-0.39, 0.29) is 18.0 Å². The molecule has 0 spiro atoms. The number of carbonyl (C=O) groups excluding carboxylic acids is 2. The minimum atomic E-state index is -0.177. The van der Waals surface area contributed by atoms with Crippen molar-refractivity contribution in [2.75, 3.05) is 25.0 Å². The van der Waals surface area contributed by atoms with Crippen LogP contribution in [-0.2, 0) is 0 Å². The molecule has 2 aliphatic heterocycles. The van der Waals surface area contributed by atoms with Crippen LogP contribution in [0.5, 0.6) is 0 Å². The minimum Gasteiger partial charge on any atom is -0.339 e. The van der Waals surface area contributed by atoms with Crippen molar-refractivity contribution in [2.45, 2.75) is 31.7 Å². The average Bonchev–Trinajstić information content (AvgIpc) is 3.61. The highest BCUT2D eigenvalue weighted by atomic mass is 16.2. The summed E-state index contributed by atoms with van der Waals surface area (Å²) in [6, 6.07) is 16.6. The number of benzene rings is 2. The van der Waals surface area contributed by atoms with Crippen molar-refractivity contribution in [1.29, 1.82) is 0 Å². The molecule has 2 N–H and O–H groups in total. The molecule has 8 heteroatoms. The van der Waals surface area contributed by atoms with Crippen LogP contribution in [0.3, 0.4) is 0 Å². The Kier molecular flexibility index (Phi) is 5.58. The lowest BCUT2D eigenvalue weighted by Gasteiger charge is -2.23. The van der Waals surface area contributed by atoms with Gasteiger partial charge in [0.25, 0.3) is 5.91 Å². The van der Waals surface area contributed by atoms with Gasteiger partial charge < -0.3 is 15.1 Å². The lowest BCUT2D eigenvalue weighted by Crippen LogP contribution is -2.35. The zero-order valence-electron chi connectivity index (χ0n) is 17.8. The molecule has 32 heavy (non-hydrogen) atoms. The zero-order chi connectivity index (χ0) is 21.9. The van der Waals surface area contributed by atoms with Crippen LogP contribution >= 0.6 is 0 Å². The maximum absolute atomic E-state index is 13.0. The van der Waals surface area contributed by atoms with E-state index in [4.69, 9.17) is 0 Å². The fraction of sp³-hybridized carbons (Fsp3) is 0.333. The SMILES string of the molecule is O=C(c1ccc(NC(=O)N2CCC[C@H]2c2nc(-c3ccccc3)n[nH]2)cc1)N1CCCC1. The van der Waals surface area contributed by atoms with Crippen LogP contribution in [-0.4, -0.2) is 56.6 Å². The average molecular weight is 431 g/mol. The fourth-order valence-corrected chi connectivity index (χ4v) is 4.43. The van der Waals surface area contributed by atoms with Crippen molar-refractivity contribution in [3.63, 3.8) is 0 Å². The number of H-pyrrole nitrogens is 1. The molecule has 2 fully saturated rings. The number of rotatable bonds is 4. The Balaban J connectivity index is 1.25. The van der Waals surface area contributed by atoms with Gasteiger partial charge in [-0.1, -0.05) is 30.3 Å². The second-order valence-electron chi connectivity index (χ2n) is 8.27. The summed E-state index contributed by atoms with van der Waals surface area (Å²) >= 11 is 0. The Morgan fingerprint density at radius 2 is 1.69 bits per heavy atom. The van der Waals surface area contributed by atoms with Gasteiger partial charge in [0.05, 0.1) is 6.04 Å². The van der Waals surface area contributed by atoms with Crippen molar-refractivity contribution in [1.82, 2.24) is 25.0 Å². The summed E-state index contributed by atoms with van der Waals surface area (Å²) in [7, 11) is 0. The third-order valence-electron chi connectivity index (χ3n) is 6.14. The van der Waals surface area contributed by atoms with Gasteiger partial charge in [0.2, 0.25) is 0 Å². The Hall–Kier alpha value is -3.68. The minimum absolute atomic E-state index is 0.0551. The number of anilines is 1. The number of carbonyl (C=O) groups is 2. The van der Waals surface area contributed by atoms with Crippen LogP contribution in [0.1, 0.15) is 47.9 Å². The van der Waals surface area contributed by atoms with Gasteiger partial charge in [0.15, 0.2) is 5.82 Å². The molecule has 3 aromatic rings. The van der Waals surface area contributed by atoms with E-state index in [9.17, 15) is 9.59 Å². The van der Waals surface area contributed by atoms with E-state index in [2.05, 4.69) is 20.5 Å². The molecule has 0 bridgehead atoms. The number of hydrogen-bond acceptors (Lipinski definition) is 4. The van der Waals surface area contributed by atoms with Gasteiger partial charge in [-0.2, -0.15) is 5.10 Å². The second-order valence-corrected chi connectivity index (χ2v) is 8.27. The van der Waals surface area contributed by atoms with Crippen molar-refractivity contribution in [2.24, 2.45) is 0 Å². The van der Waals surface area contributed by atoms with Crippen molar-refractivity contribution in [3.05, 3.63) is 66.0 Å². The Bertz CT molecular complexity index is 1090. The normalized spacial score (nSPS) is 18.2. The van der Waals surface area contributed by atoms with E-state index in [1.165, 1.54) is 0 Å². The quantitative estimate of drug-likeness (QED) is 0.652. The van der Waals surface area contributed by atoms with E-state index in [0.29, 0.717) is 29.4 Å². The third-order valence-corrected chi connectivity index (χ3v) is 6.14. The van der Waals surface area contributed by atoms with Crippen molar-refractivity contribution >= 4 is 17.6 Å². The third kappa shape index (κ3) is 4.08. The monoisotopic (exact) mass is 430 g/mol. The lowest BCUT2D eigenvalue weighted by molar-refractivity contribution is 0.0793. The van der Waals surface area contributed by atoms with Crippen LogP contribution in [0.2, 0.25) is 0 Å². The maximum Gasteiger partial charge on any atom is 0.322 e. The van der Waals surface area contributed by atoms with Gasteiger partial charge in [-0.05, 0) is 49.9 Å². The molecule has 2 saturated heterocycles. The number of aromatic amines is 1. The smallest absolute Gasteiger partial charge is 0.322 e. The van der Waals surface area contributed by atoms with E-state index < -0.39 is 0 Å². The van der Waals surface area contributed by atoms with E-state index in [0.717, 1.165) is 44.3 Å². The first-order valence-corrected chi connectivity index (χ1v) is 11.1. The molecular formula is C24H26N6O2. The molecule has 1 aromatic heterocycles. The summed E-state index contributed by atoms with van der Waals surface area (Å²) < 4.78 is 0. The molecule has 164 valence electrons. The topological polar surface area (TPSA) is 94.2 Å². The zero-order valence-corrected chi connectivity index (χ0v) is 17.8. The number of amides is 3. The molecule has 0 radical (unpaired) electrons. The molecule has 3 amide bonds. The van der Waals surface area contributed by atoms with E-state index in [1.807, 2.05) is 35.2 Å². The van der Waals surface area contributed by atoms with E-state index in [1.54, 1.807) is 29.2 Å². The summed E-state index contributed by atoms with van der Waals surface area (Å²) in [6.07, 6.45) is 3.87. The summed E-state index contributed by atoms with van der Waals surface area (Å²) in [5.74, 6) is 1.38. The first-order valence-electron chi connectivity index (χ1n) is 11.1. The maximum atomic E-state index is 13.0. The number of nitrogens with zero attached hydrogens (tertiary/aromatic N) is 4. The highest BCUT2D eigenvalue weighted by molar-refractivity contribution is 5.95. The van der Waals surface area contributed by atoms with Gasteiger partial charge in [-0.15, -0.1) is 0 Å². The van der Waals surface area contributed by atoms with Gasteiger partial charge in [0, 0.05) is 36.4 Å². The number of aromatic nitrogens is 3. The fourth-order valence-electron chi connectivity index (χ4n) is 4.43. The predicted octanol–water partition coefficient (Wildman–Crippen LogP) is 4.08. The molecular weight excluding hydrogens is 404 g/mol. The lowest BCUT2D eigenvalue weighted by atomic mass is 10.2. The summed E-state index contributed by atoms with van der Waals surface area (Å²) in [5, 5.41) is 10.3. The van der Waals surface area contributed by atoms with Gasteiger partial charge >= 0.3 is 6.03 Å². The van der Waals surface area contributed by atoms with Gasteiger partial charge in [0.1, 0.15) is 5.82 Å². The van der Waals surface area contributed by atoms with Crippen LogP contribution < -0.4 is 5.32 Å². The Morgan fingerprint density at radius 1 is 0.938 bits per heavy atom. The van der Waals surface area contributed by atoms with Crippen molar-refractivity contribution < 1.29 is 9.59 Å². The Morgan fingerprint density at radius 3 is 2.44 bits per heavy atom. The van der Waals surface area contributed by atoms with Gasteiger partial charge in [-0.25, -0.2) is 9.78 Å². The number of likely N-dealkylation sites (tertiary alicyclic amines) is 2. The van der Waals surface area contributed by atoms with Crippen molar-refractivity contribution in [3.8, 4) is 11.4 Å².